The van der Waals surface area contributed by atoms with Crippen LogP contribution >= 0.6 is 11.3 Å². The number of hydrogen-bond acceptors (Lipinski definition) is 4. The number of hydrogen-bond donors (Lipinski definition) is 2. The van der Waals surface area contributed by atoms with Gasteiger partial charge in [0.1, 0.15) is 9.88 Å². The van der Waals surface area contributed by atoms with Crippen molar-refractivity contribution in [2.24, 2.45) is 5.92 Å². The molecule has 6 heteroatoms. The van der Waals surface area contributed by atoms with Gasteiger partial charge >= 0.3 is 5.97 Å². The second-order valence-corrected chi connectivity index (χ2v) is 5.27. The van der Waals surface area contributed by atoms with Gasteiger partial charge in [0.25, 0.3) is 0 Å². The van der Waals surface area contributed by atoms with E-state index in [1.54, 1.807) is 6.92 Å². The van der Waals surface area contributed by atoms with Crippen LogP contribution in [0.15, 0.2) is 12.2 Å². The first kappa shape index (κ1) is 12.8. The van der Waals surface area contributed by atoms with Crippen molar-refractivity contribution in [3.8, 4) is 0 Å². The molecule has 1 aromatic heterocycles. The van der Waals surface area contributed by atoms with E-state index in [4.69, 9.17) is 5.11 Å². The zero-order valence-electron chi connectivity index (χ0n) is 9.97. The number of aryl methyl sites for hydroxylation is 1. The quantitative estimate of drug-likeness (QED) is 0.813. The number of aromatic carboxylic acids is 1. The molecular weight excluding hydrogens is 252 g/mol. The molecule has 5 nitrogen and oxygen atoms in total. The van der Waals surface area contributed by atoms with Crippen molar-refractivity contribution in [2.75, 3.05) is 0 Å². The topological polar surface area (TPSA) is 79.3 Å². The van der Waals surface area contributed by atoms with Crippen LogP contribution in [0.5, 0.6) is 0 Å². The van der Waals surface area contributed by atoms with Crippen LogP contribution in [0.2, 0.25) is 0 Å². The van der Waals surface area contributed by atoms with Gasteiger partial charge < -0.3 is 10.4 Å². The summed E-state index contributed by atoms with van der Waals surface area (Å²) in [6, 6.07) is 0. The first-order valence-electron chi connectivity index (χ1n) is 5.70. The highest BCUT2D eigenvalue weighted by Gasteiger charge is 2.20. The lowest BCUT2D eigenvalue weighted by Gasteiger charge is -2.08. The van der Waals surface area contributed by atoms with E-state index in [0.717, 1.165) is 24.2 Å². The predicted molar refractivity (Wildman–Crippen MR) is 67.5 cm³/mol. The Labute approximate surface area is 109 Å². The number of nitrogens with one attached hydrogen (secondary N) is 1. The minimum absolute atomic E-state index is 0.00438. The molecular formula is C12H14N2O3S. The van der Waals surface area contributed by atoms with Crippen LogP contribution in [0.1, 0.15) is 33.2 Å². The van der Waals surface area contributed by atoms with Crippen molar-refractivity contribution in [3.63, 3.8) is 0 Å². The summed E-state index contributed by atoms with van der Waals surface area (Å²) in [4.78, 5) is 27.0. The lowest BCUT2D eigenvalue weighted by atomic mass is 10.1. The fourth-order valence-electron chi connectivity index (χ4n) is 1.86. The third-order valence-corrected chi connectivity index (χ3v) is 3.97. The molecule has 0 fully saturated rings. The molecule has 1 aliphatic carbocycles. The Morgan fingerprint density at radius 2 is 2.17 bits per heavy atom. The Hall–Kier alpha value is -1.69. The molecule has 0 spiro atoms. The molecule has 2 N–H and O–H groups in total. The summed E-state index contributed by atoms with van der Waals surface area (Å²) in [6.45, 7) is 1.96. The highest BCUT2D eigenvalue weighted by atomic mass is 32.1. The molecule has 1 heterocycles. The van der Waals surface area contributed by atoms with E-state index in [2.05, 4.69) is 10.3 Å². The van der Waals surface area contributed by atoms with Crippen LogP contribution in [0.25, 0.3) is 0 Å². The fourth-order valence-corrected chi connectivity index (χ4v) is 2.71. The fraction of sp³-hybridized carbons (Fsp3) is 0.417. The second kappa shape index (κ2) is 5.30. The average Bonchev–Trinajstić information content (AvgIpc) is 2.94. The Balaban J connectivity index is 1.92. The molecule has 0 saturated heterocycles. The van der Waals surface area contributed by atoms with Crippen molar-refractivity contribution in [3.05, 3.63) is 27.7 Å². The molecule has 2 rings (SSSR count). The van der Waals surface area contributed by atoms with Crippen molar-refractivity contribution in [1.82, 2.24) is 10.3 Å². The molecule has 0 bridgehead atoms. The molecule has 0 saturated carbocycles. The maximum absolute atomic E-state index is 11.8. The highest BCUT2D eigenvalue weighted by molar-refractivity contribution is 7.13. The molecule has 1 amide bonds. The largest absolute Gasteiger partial charge is 0.477 e. The summed E-state index contributed by atoms with van der Waals surface area (Å²) in [6.07, 6.45) is 5.56. The summed E-state index contributed by atoms with van der Waals surface area (Å²) in [5.41, 5.74) is 0.499. The zero-order valence-corrected chi connectivity index (χ0v) is 10.8. The Bertz CT molecular complexity index is 499. The van der Waals surface area contributed by atoms with Crippen LogP contribution in [-0.4, -0.2) is 22.0 Å². The number of carboxylic acid groups (broad SMARTS) is 1. The summed E-state index contributed by atoms with van der Waals surface area (Å²) in [5, 5.41) is 12.3. The number of aromatic nitrogens is 1. The van der Waals surface area contributed by atoms with Gasteiger partial charge in [-0.1, -0.05) is 12.2 Å². The van der Waals surface area contributed by atoms with E-state index in [-0.39, 0.29) is 16.7 Å². The number of thiazole rings is 1. The minimum atomic E-state index is -0.970. The van der Waals surface area contributed by atoms with E-state index < -0.39 is 5.97 Å². The predicted octanol–water partition coefficient (Wildman–Crippen LogP) is 1.73. The molecule has 1 aliphatic rings. The van der Waals surface area contributed by atoms with E-state index >= 15 is 0 Å². The third-order valence-electron chi connectivity index (χ3n) is 2.83. The molecule has 0 atom stereocenters. The minimum Gasteiger partial charge on any atom is -0.477 e. The van der Waals surface area contributed by atoms with Gasteiger partial charge in [0.05, 0.1) is 12.2 Å². The smallest absolute Gasteiger partial charge is 0.347 e. The van der Waals surface area contributed by atoms with Gasteiger partial charge in [-0.25, -0.2) is 9.78 Å². The van der Waals surface area contributed by atoms with Crippen LogP contribution < -0.4 is 5.32 Å². The van der Waals surface area contributed by atoms with Crippen molar-refractivity contribution in [1.29, 1.82) is 0 Å². The second-order valence-electron chi connectivity index (χ2n) is 4.18. The van der Waals surface area contributed by atoms with Crippen LogP contribution in [-0.2, 0) is 11.3 Å². The van der Waals surface area contributed by atoms with Crippen molar-refractivity contribution < 1.29 is 14.7 Å². The highest BCUT2D eigenvalue weighted by Crippen LogP contribution is 2.20. The number of carbonyl (C=O) groups excluding carboxylic acids is 1. The van der Waals surface area contributed by atoms with Gasteiger partial charge in [0.15, 0.2) is 0 Å². The van der Waals surface area contributed by atoms with Crippen molar-refractivity contribution >= 4 is 23.2 Å². The van der Waals surface area contributed by atoms with Gasteiger partial charge in [-0.15, -0.1) is 11.3 Å². The van der Waals surface area contributed by atoms with Gasteiger partial charge in [-0.3, -0.25) is 4.79 Å². The Kier molecular flexibility index (Phi) is 3.76. The first-order chi connectivity index (χ1) is 8.58. The molecule has 0 aliphatic heterocycles. The van der Waals surface area contributed by atoms with E-state index in [1.807, 2.05) is 12.2 Å². The van der Waals surface area contributed by atoms with Gasteiger partial charge in [-0.05, 0) is 19.8 Å². The van der Waals surface area contributed by atoms with Gasteiger partial charge in [0.2, 0.25) is 5.91 Å². The lowest BCUT2D eigenvalue weighted by molar-refractivity contribution is -0.124. The number of nitrogens with zero attached hydrogens (tertiary/aromatic N) is 1. The third kappa shape index (κ3) is 2.76. The molecule has 18 heavy (non-hydrogen) atoms. The van der Waals surface area contributed by atoms with Gasteiger partial charge in [-0.2, -0.15) is 0 Å². The number of amides is 1. The monoisotopic (exact) mass is 266 g/mol. The maximum atomic E-state index is 11.8. The van der Waals surface area contributed by atoms with Crippen LogP contribution in [0.3, 0.4) is 0 Å². The van der Waals surface area contributed by atoms with Crippen molar-refractivity contribution in [2.45, 2.75) is 26.3 Å². The van der Waals surface area contributed by atoms with E-state index in [1.165, 1.54) is 0 Å². The Morgan fingerprint density at radius 1 is 1.50 bits per heavy atom. The summed E-state index contributed by atoms with van der Waals surface area (Å²) < 4.78 is 0. The SMILES string of the molecule is Cc1nc(CNC(=O)C2CC=CC2)sc1C(=O)O. The molecule has 96 valence electrons. The molecule has 0 radical (unpaired) electrons. The number of allylic oxidation sites excluding steroid dienone is 2. The van der Waals surface area contributed by atoms with Crippen LogP contribution in [0.4, 0.5) is 0 Å². The summed E-state index contributed by atoms with van der Waals surface area (Å²) in [5.74, 6) is -0.947. The van der Waals surface area contributed by atoms with Crippen LogP contribution in [0, 0.1) is 12.8 Å². The zero-order chi connectivity index (χ0) is 13.1. The van der Waals surface area contributed by atoms with Gasteiger partial charge in [0, 0.05) is 5.92 Å². The normalized spacial score (nSPS) is 14.9. The standard InChI is InChI=1S/C12H14N2O3S/c1-7-10(12(16)17)18-9(14-7)6-13-11(15)8-4-2-3-5-8/h2-3,8H,4-6H2,1H3,(H,13,15)(H,16,17). The summed E-state index contributed by atoms with van der Waals surface area (Å²) >= 11 is 1.11. The number of rotatable bonds is 4. The lowest BCUT2D eigenvalue weighted by Crippen LogP contribution is -2.28. The molecule has 1 aromatic rings. The molecule has 0 unspecified atom stereocenters. The molecule has 0 aromatic carbocycles. The summed E-state index contributed by atoms with van der Waals surface area (Å²) in [7, 11) is 0. The number of carbonyl (C=O) groups is 2. The number of carboxylic acids is 1. The Morgan fingerprint density at radius 3 is 2.72 bits per heavy atom. The van der Waals surface area contributed by atoms with E-state index in [9.17, 15) is 9.59 Å². The first-order valence-corrected chi connectivity index (χ1v) is 6.52. The maximum Gasteiger partial charge on any atom is 0.347 e. The average molecular weight is 266 g/mol. The van der Waals surface area contributed by atoms with E-state index in [0.29, 0.717) is 17.2 Å².